The van der Waals surface area contributed by atoms with E-state index in [9.17, 15) is 0 Å². The predicted molar refractivity (Wildman–Crippen MR) is 83.0 cm³/mol. The zero-order valence-corrected chi connectivity index (χ0v) is 13.6. The van der Waals surface area contributed by atoms with Crippen LogP contribution in [-0.2, 0) is 17.6 Å². The third kappa shape index (κ3) is 4.97. The van der Waals surface area contributed by atoms with Crippen LogP contribution in [0.4, 0.5) is 0 Å². The van der Waals surface area contributed by atoms with Crippen molar-refractivity contribution < 1.29 is 9.47 Å². The van der Waals surface area contributed by atoms with Crippen molar-refractivity contribution in [2.45, 2.75) is 53.1 Å². The molecule has 0 saturated carbocycles. The lowest BCUT2D eigenvalue weighted by molar-refractivity contribution is -0.0169. The van der Waals surface area contributed by atoms with Gasteiger partial charge >= 0.3 is 0 Å². The van der Waals surface area contributed by atoms with Crippen LogP contribution in [0.2, 0.25) is 0 Å². The highest BCUT2D eigenvalue weighted by Crippen LogP contribution is 2.22. The van der Waals surface area contributed by atoms with Gasteiger partial charge in [0.2, 0.25) is 5.88 Å². The predicted octanol–water partition coefficient (Wildman–Crippen LogP) is 2.08. The molecule has 0 fully saturated rings. The maximum atomic E-state index is 7.77. The molecule has 0 unspecified atom stereocenters. The van der Waals surface area contributed by atoms with Crippen molar-refractivity contribution in [1.29, 1.82) is 5.41 Å². The van der Waals surface area contributed by atoms with Gasteiger partial charge in [-0.15, -0.1) is 5.10 Å². The van der Waals surface area contributed by atoms with Gasteiger partial charge in [-0.3, -0.25) is 5.41 Å². The van der Waals surface area contributed by atoms with Crippen molar-refractivity contribution in [3.63, 3.8) is 0 Å². The van der Waals surface area contributed by atoms with Crippen molar-refractivity contribution in [1.82, 2.24) is 10.2 Å². The van der Waals surface area contributed by atoms with E-state index in [0.29, 0.717) is 24.7 Å². The van der Waals surface area contributed by atoms with Gasteiger partial charge in [-0.2, -0.15) is 5.10 Å². The van der Waals surface area contributed by atoms with Crippen LogP contribution in [0, 0.1) is 5.41 Å². The Morgan fingerprint density at radius 1 is 1.14 bits per heavy atom. The monoisotopic (exact) mass is 294 g/mol. The molecule has 0 atom stereocenters. The zero-order valence-electron chi connectivity index (χ0n) is 13.6. The Kier molecular flexibility index (Phi) is 6.08. The first-order valence-electron chi connectivity index (χ1n) is 7.29. The van der Waals surface area contributed by atoms with Crippen LogP contribution in [0.15, 0.2) is 0 Å². The molecule has 0 saturated heterocycles. The Morgan fingerprint density at radius 3 is 2.29 bits per heavy atom. The smallest absolute Gasteiger partial charge is 0.244 e. The van der Waals surface area contributed by atoms with E-state index in [4.69, 9.17) is 20.6 Å². The van der Waals surface area contributed by atoms with Crippen molar-refractivity contribution in [3.8, 4) is 5.88 Å². The molecule has 0 bridgehead atoms. The molecule has 6 heteroatoms. The average Bonchev–Trinajstić information content (AvgIpc) is 2.41. The number of rotatable bonds is 7. The summed E-state index contributed by atoms with van der Waals surface area (Å²) in [6.45, 7) is 10.8. The van der Waals surface area contributed by atoms with Crippen LogP contribution in [-0.4, -0.2) is 34.8 Å². The molecule has 1 heterocycles. The van der Waals surface area contributed by atoms with E-state index >= 15 is 0 Å². The molecule has 118 valence electrons. The normalized spacial score (nSPS) is 11.5. The highest BCUT2D eigenvalue weighted by atomic mass is 16.5. The molecule has 0 aromatic carbocycles. The lowest BCUT2D eigenvalue weighted by Crippen LogP contribution is -2.24. The minimum atomic E-state index is -0.209. The third-order valence-corrected chi connectivity index (χ3v) is 2.94. The summed E-state index contributed by atoms with van der Waals surface area (Å²) in [4.78, 5) is 0. The van der Waals surface area contributed by atoms with E-state index in [1.165, 1.54) is 0 Å². The number of nitrogens with zero attached hydrogens (tertiary/aromatic N) is 2. The summed E-state index contributed by atoms with van der Waals surface area (Å²) in [6, 6.07) is 0. The second-order valence-electron chi connectivity index (χ2n) is 5.74. The lowest BCUT2D eigenvalue weighted by Gasteiger charge is -2.20. The maximum absolute atomic E-state index is 7.77. The van der Waals surface area contributed by atoms with Crippen LogP contribution in [0.5, 0.6) is 5.88 Å². The molecule has 6 nitrogen and oxygen atoms in total. The third-order valence-electron chi connectivity index (χ3n) is 2.94. The summed E-state index contributed by atoms with van der Waals surface area (Å²) in [5, 5.41) is 16.0. The van der Waals surface area contributed by atoms with Crippen LogP contribution in [0.25, 0.3) is 0 Å². The Balaban J connectivity index is 2.89. The fourth-order valence-corrected chi connectivity index (χ4v) is 2.02. The second kappa shape index (κ2) is 7.36. The van der Waals surface area contributed by atoms with Crippen molar-refractivity contribution in [2.24, 2.45) is 5.73 Å². The van der Waals surface area contributed by atoms with E-state index in [1.807, 2.05) is 34.6 Å². The van der Waals surface area contributed by atoms with Gasteiger partial charge in [0.25, 0.3) is 0 Å². The standard InChI is InChI=1S/C15H26N4O2/c1-6-10-11(7-2)18-19-14(12(10)13(16)17)20-8-9-21-15(3,4)5/h6-9H2,1-5H3,(H3,16,17). The number of ether oxygens (including phenoxy) is 2. The number of nitrogens with two attached hydrogens (primary N) is 1. The van der Waals surface area contributed by atoms with Crippen LogP contribution >= 0.6 is 0 Å². The summed E-state index contributed by atoms with van der Waals surface area (Å²) < 4.78 is 11.2. The molecular formula is C15H26N4O2. The Morgan fingerprint density at radius 2 is 1.81 bits per heavy atom. The average molecular weight is 294 g/mol. The number of hydrogen-bond donors (Lipinski definition) is 2. The first kappa shape index (κ1) is 17.4. The molecule has 0 radical (unpaired) electrons. The van der Waals surface area contributed by atoms with Gasteiger partial charge in [-0.05, 0) is 39.2 Å². The Labute approximate surface area is 126 Å². The highest BCUT2D eigenvalue weighted by Gasteiger charge is 2.18. The maximum Gasteiger partial charge on any atom is 0.244 e. The summed E-state index contributed by atoms with van der Waals surface area (Å²) >= 11 is 0. The van der Waals surface area contributed by atoms with Crippen molar-refractivity contribution >= 4 is 5.84 Å². The summed E-state index contributed by atoms with van der Waals surface area (Å²) in [7, 11) is 0. The summed E-state index contributed by atoms with van der Waals surface area (Å²) in [5.74, 6) is 0.275. The van der Waals surface area contributed by atoms with Gasteiger partial charge in [-0.25, -0.2) is 0 Å². The van der Waals surface area contributed by atoms with Crippen LogP contribution < -0.4 is 10.5 Å². The van der Waals surface area contributed by atoms with Gasteiger partial charge in [0.1, 0.15) is 12.4 Å². The largest absolute Gasteiger partial charge is 0.474 e. The highest BCUT2D eigenvalue weighted by molar-refractivity contribution is 5.98. The van der Waals surface area contributed by atoms with Gasteiger partial charge in [0.15, 0.2) is 0 Å². The summed E-state index contributed by atoms with van der Waals surface area (Å²) in [6.07, 6.45) is 1.49. The first-order chi connectivity index (χ1) is 9.80. The molecule has 0 aliphatic carbocycles. The zero-order chi connectivity index (χ0) is 16.0. The minimum absolute atomic E-state index is 0.0387. The number of amidine groups is 1. The topological polar surface area (TPSA) is 94.1 Å². The molecule has 21 heavy (non-hydrogen) atoms. The molecule has 0 spiro atoms. The molecular weight excluding hydrogens is 268 g/mol. The second-order valence-corrected chi connectivity index (χ2v) is 5.74. The number of aryl methyl sites for hydroxylation is 1. The fraction of sp³-hybridized carbons (Fsp3) is 0.667. The Hall–Kier alpha value is -1.69. The van der Waals surface area contributed by atoms with Gasteiger partial charge in [0.05, 0.1) is 23.5 Å². The van der Waals surface area contributed by atoms with Crippen LogP contribution in [0.3, 0.4) is 0 Å². The number of nitrogens with one attached hydrogen (secondary N) is 1. The molecule has 1 aromatic heterocycles. The van der Waals surface area contributed by atoms with E-state index in [2.05, 4.69) is 10.2 Å². The van der Waals surface area contributed by atoms with Gasteiger partial charge in [0, 0.05) is 0 Å². The quantitative estimate of drug-likeness (QED) is 0.456. The minimum Gasteiger partial charge on any atom is -0.474 e. The SMILES string of the molecule is CCc1nnc(OCCOC(C)(C)C)c(C(=N)N)c1CC. The van der Waals surface area contributed by atoms with Gasteiger partial charge < -0.3 is 15.2 Å². The van der Waals surface area contributed by atoms with Gasteiger partial charge in [-0.1, -0.05) is 13.8 Å². The van der Waals surface area contributed by atoms with E-state index in [0.717, 1.165) is 24.1 Å². The molecule has 0 aliphatic heterocycles. The number of aromatic nitrogens is 2. The van der Waals surface area contributed by atoms with Crippen molar-refractivity contribution in [2.75, 3.05) is 13.2 Å². The molecule has 3 N–H and O–H groups in total. The van der Waals surface area contributed by atoms with Crippen molar-refractivity contribution in [3.05, 3.63) is 16.8 Å². The van der Waals surface area contributed by atoms with E-state index in [1.54, 1.807) is 0 Å². The molecule has 1 rings (SSSR count). The van der Waals surface area contributed by atoms with Crippen LogP contribution in [0.1, 0.15) is 51.4 Å². The molecule has 1 aromatic rings. The summed E-state index contributed by atoms with van der Waals surface area (Å²) in [5.41, 5.74) is 7.84. The van der Waals surface area contributed by atoms with E-state index in [-0.39, 0.29) is 11.4 Å². The first-order valence-corrected chi connectivity index (χ1v) is 7.29. The molecule has 0 aliphatic rings. The molecule has 0 amide bonds. The lowest BCUT2D eigenvalue weighted by atomic mass is 10.0. The number of hydrogen-bond acceptors (Lipinski definition) is 5. The fourth-order valence-electron chi connectivity index (χ4n) is 2.02. The van der Waals surface area contributed by atoms with E-state index < -0.39 is 0 Å². The number of nitrogen functional groups attached to an aromatic ring is 1. The Bertz CT molecular complexity index is 495.